The average molecular weight is 320 g/mol. The van der Waals surface area contributed by atoms with E-state index in [1.165, 1.54) is 11.3 Å². The lowest BCUT2D eigenvalue weighted by Gasteiger charge is -2.03. The van der Waals surface area contributed by atoms with Crippen molar-refractivity contribution in [1.29, 1.82) is 0 Å². The molecule has 16 heavy (non-hydrogen) atoms. The number of amides is 1. The number of primary amides is 1. The van der Waals surface area contributed by atoms with Gasteiger partial charge in [-0.25, -0.2) is 4.98 Å². The molecule has 0 radical (unpaired) electrons. The Morgan fingerprint density at radius 2 is 2.12 bits per heavy atom. The Balaban J connectivity index is 2.93. The summed E-state index contributed by atoms with van der Waals surface area (Å²) in [7, 11) is 0. The standard InChI is InChI=1S/C10H8BrClN2OS/c1-3-5-6(11)8(9(13)15)16-10(5)14-4(2)7(3)12/h1-2H3,(H2,13,15). The SMILES string of the molecule is Cc1nc2sc(C(N)=O)c(Br)c2c(C)c1Cl. The van der Waals surface area contributed by atoms with Crippen molar-refractivity contribution in [2.24, 2.45) is 5.73 Å². The van der Waals surface area contributed by atoms with E-state index in [4.69, 9.17) is 17.3 Å². The van der Waals surface area contributed by atoms with Gasteiger partial charge in [0.2, 0.25) is 0 Å². The first-order valence-electron chi connectivity index (χ1n) is 4.48. The Bertz CT molecular complexity index is 609. The second kappa shape index (κ2) is 3.98. The second-order valence-electron chi connectivity index (χ2n) is 3.43. The van der Waals surface area contributed by atoms with Crippen molar-refractivity contribution in [1.82, 2.24) is 4.98 Å². The van der Waals surface area contributed by atoms with Gasteiger partial charge in [0.1, 0.15) is 9.71 Å². The maximum absolute atomic E-state index is 11.2. The van der Waals surface area contributed by atoms with Gasteiger partial charge in [0.15, 0.2) is 0 Å². The van der Waals surface area contributed by atoms with Gasteiger partial charge in [-0.05, 0) is 35.3 Å². The first-order chi connectivity index (χ1) is 7.43. The van der Waals surface area contributed by atoms with Crippen molar-refractivity contribution >= 4 is 55.0 Å². The number of halogens is 2. The molecule has 0 aliphatic heterocycles. The van der Waals surface area contributed by atoms with E-state index in [0.717, 1.165) is 21.5 Å². The van der Waals surface area contributed by atoms with E-state index in [-0.39, 0.29) is 0 Å². The normalized spacial score (nSPS) is 11.0. The molecule has 2 aromatic rings. The van der Waals surface area contributed by atoms with Crippen LogP contribution >= 0.6 is 38.9 Å². The fourth-order valence-electron chi connectivity index (χ4n) is 1.54. The number of nitrogens with two attached hydrogens (primary N) is 1. The predicted octanol–water partition coefficient (Wildman–Crippen LogP) is 3.43. The Morgan fingerprint density at radius 1 is 1.50 bits per heavy atom. The fourth-order valence-corrected chi connectivity index (χ4v) is 3.76. The van der Waals surface area contributed by atoms with Crippen LogP contribution in [-0.4, -0.2) is 10.9 Å². The Morgan fingerprint density at radius 3 is 2.69 bits per heavy atom. The Hall–Kier alpha value is -0.650. The van der Waals surface area contributed by atoms with Gasteiger partial charge in [0.25, 0.3) is 5.91 Å². The van der Waals surface area contributed by atoms with Gasteiger partial charge < -0.3 is 5.73 Å². The molecule has 0 spiro atoms. The van der Waals surface area contributed by atoms with Crippen molar-refractivity contribution in [2.45, 2.75) is 13.8 Å². The molecule has 0 fully saturated rings. The zero-order valence-electron chi connectivity index (χ0n) is 8.60. The Kier molecular flexibility index (Phi) is 2.94. The van der Waals surface area contributed by atoms with Crippen LogP contribution in [0.2, 0.25) is 5.02 Å². The molecule has 2 heterocycles. The van der Waals surface area contributed by atoms with Crippen molar-refractivity contribution in [3.63, 3.8) is 0 Å². The average Bonchev–Trinajstić information content (AvgIpc) is 2.52. The lowest BCUT2D eigenvalue weighted by molar-refractivity contribution is 0.100. The lowest BCUT2D eigenvalue weighted by Crippen LogP contribution is -2.09. The van der Waals surface area contributed by atoms with E-state index in [9.17, 15) is 4.79 Å². The highest BCUT2D eigenvalue weighted by Crippen LogP contribution is 2.39. The van der Waals surface area contributed by atoms with E-state index in [2.05, 4.69) is 20.9 Å². The van der Waals surface area contributed by atoms with Gasteiger partial charge in [0.05, 0.1) is 15.2 Å². The van der Waals surface area contributed by atoms with Crippen LogP contribution < -0.4 is 5.73 Å². The number of hydrogen-bond acceptors (Lipinski definition) is 3. The quantitative estimate of drug-likeness (QED) is 0.875. The number of carbonyl (C=O) groups excluding carboxylic acids is 1. The summed E-state index contributed by atoms with van der Waals surface area (Å²) < 4.78 is 0.687. The van der Waals surface area contributed by atoms with Crippen molar-refractivity contribution in [3.05, 3.63) is 25.6 Å². The first kappa shape index (κ1) is 11.8. The molecule has 2 N–H and O–H groups in total. The molecule has 0 aliphatic carbocycles. The minimum Gasteiger partial charge on any atom is -0.365 e. The molecular weight excluding hydrogens is 312 g/mol. The molecular formula is C10H8BrClN2OS. The van der Waals surface area contributed by atoms with Gasteiger partial charge in [0, 0.05) is 5.39 Å². The lowest BCUT2D eigenvalue weighted by atomic mass is 10.2. The number of rotatable bonds is 1. The summed E-state index contributed by atoms with van der Waals surface area (Å²) in [5, 5.41) is 1.50. The van der Waals surface area contributed by atoms with Gasteiger partial charge >= 0.3 is 0 Å². The zero-order valence-corrected chi connectivity index (χ0v) is 11.8. The van der Waals surface area contributed by atoms with Crippen molar-refractivity contribution < 1.29 is 4.79 Å². The van der Waals surface area contributed by atoms with Gasteiger partial charge in [-0.3, -0.25) is 4.79 Å². The number of aromatic nitrogens is 1. The fraction of sp³-hybridized carbons (Fsp3) is 0.200. The smallest absolute Gasteiger partial charge is 0.260 e. The zero-order chi connectivity index (χ0) is 12.0. The highest BCUT2D eigenvalue weighted by molar-refractivity contribution is 9.10. The summed E-state index contributed by atoms with van der Waals surface area (Å²) in [6.07, 6.45) is 0. The number of hydrogen-bond donors (Lipinski definition) is 1. The van der Waals surface area contributed by atoms with Crippen molar-refractivity contribution in [2.75, 3.05) is 0 Å². The second-order valence-corrected chi connectivity index (χ2v) is 5.60. The molecule has 0 bridgehead atoms. The highest BCUT2D eigenvalue weighted by Gasteiger charge is 2.19. The number of carbonyl (C=O) groups is 1. The predicted molar refractivity (Wildman–Crippen MR) is 70.3 cm³/mol. The molecule has 0 aliphatic rings. The number of pyridine rings is 1. The molecule has 1 amide bonds. The number of aryl methyl sites for hydroxylation is 2. The molecule has 3 nitrogen and oxygen atoms in total. The summed E-state index contributed by atoms with van der Waals surface area (Å²) in [6, 6.07) is 0. The first-order valence-corrected chi connectivity index (χ1v) is 6.46. The van der Waals surface area contributed by atoms with Crippen LogP contribution in [0.5, 0.6) is 0 Å². The van der Waals surface area contributed by atoms with Crippen LogP contribution in [0.3, 0.4) is 0 Å². The van der Waals surface area contributed by atoms with Crippen LogP contribution in [0.15, 0.2) is 4.47 Å². The summed E-state index contributed by atoms with van der Waals surface area (Å²) >= 11 is 10.8. The van der Waals surface area contributed by atoms with E-state index < -0.39 is 5.91 Å². The third kappa shape index (κ3) is 1.63. The summed E-state index contributed by atoms with van der Waals surface area (Å²) in [4.78, 5) is 16.8. The molecule has 84 valence electrons. The molecule has 6 heteroatoms. The number of fused-ring (bicyclic) bond motifs is 1. The molecule has 0 aromatic carbocycles. The van der Waals surface area contributed by atoms with Crippen molar-refractivity contribution in [3.8, 4) is 0 Å². The van der Waals surface area contributed by atoms with E-state index >= 15 is 0 Å². The van der Waals surface area contributed by atoms with Gasteiger partial charge in [-0.15, -0.1) is 11.3 Å². The molecule has 2 rings (SSSR count). The molecule has 0 unspecified atom stereocenters. The van der Waals surface area contributed by atoms with Crippen LogP contribution in [0.25, 0.3) is 10.2 Å². The maximum Gasteiger partial charge on any atom is 0.260 e. The monoisotopic (exact) mass is 318 g/mol. The molecule has 0 atom stereocenters. The van der Waals surface area contributed by atoms with Crippen LogP contribution in [-0.2, 0) is 0 Å². The van der Waals surface area contributed by atoms with Gasteiger partial charge in [-0.1, -0.05) is 11.6 Å². The largest absolute Gasteiger partial charge is 0.365 e. The van der Waals surface area contributed by atoms with Crippen LogP contribution in [0.4, 0.5) is 0 Å². The van der Waals surface area contributed by atoms with E-state index in [1.54, 1.807) is 0 Å². The molecule has 2 aromatic heterocycles. The van der Waals surface area contributed by atoms with E-state index in [1.807, 2.05) is 13.8 Å². The van der Waals surface area contributed by atoms with Crippen LogP contribution in [0, 0.1) is 13.8 Å². The third-order valence-corrected chi connectivity index (χ3v) is 5.06. The minimum atomic E-state index is -0.456. The summed E-state index contributed by atoms with van der Waals surface area (Å²) in [6.45, 7) is 3.74. The maximum atomic E-state index is 11.2. The third-order valence-electron chi connectivity index (χ3n) is 2.35. The molecule has 0 saturated heterocycles. The Labute approximate surface area is 110 Å². The number of nitrogens with zero attached hydrogens (tertiary/aromatic N) is 1. The van der Waals surface area contributed by atoms with Crippen LogP contribution in [0.1, 0.15) is 20.9 Å². The minimum absolute atomic E-state index is 0.456. The highest BCUT2D eigenvalue weighted by atomic mass is 79.9. The number of thiophene rings is 1. The van der Waals surface area contributed by atoms with E-state index in [0.29, 0.717) is 14.4 Å². The topological polar surface area (TPSA) is 56.0 Å². The van der Waals surface area contributed by atoms with Gasteiger partial charge in [-0.2, -0.15) is 0 Å². The summed E-state index contributed by atoms with van der Waals surface area (Å²) in [5.41, 5.74) is 6.96. The summed E-state index contributed by atoms with van der Waals surface area (Å²) in [5.74, 6) is -0.456. The molecule has 0 saturated carbocycles.